The van der Waals surface area contributed by atoms with Crippen LogP contribution in [0.15, 0.2) is 6.07 Å². The second-order valence-corrected chi connectivity index (χ2v) is 3.25. The van der Waals surface area contributed by atoms with E-state index in [1.54, 1.807) is 0 Å². The van der Waals surface area contributed by atoms with Gasteiger partial charge in [-0.1, -0.05) is 0 Å². The highest BCUT2D eigenvalue weighted by molar-refractivity contribution is 6.17. The molecule has 0 amide bonds. The molecule has 0 saturated heterocycles. The summed E-state index contributed by atoms with van der Waals surface area (Å²) < 4.78 is 37.8. The molecule has 0 radical (unpaired) electrons. The van der Waals surface area contributed by atoms with Gasteiger partial charge in [0.25, 0.3) is 6.43 Å². The summed E-state index contributed by atoms with van der Waals surface area (Å²) in [5, 5.41) is 8.50. The Labute approximate surface area is 93.9 Å². The van der Waals surface area contributed by atoms with Gasteiger partial charge in [-0.2, -0.15) is 4.39 Å². The lowest BCUT2D eigenvalue weighted by molar-refractivity contribution is -0.136. The Morgan fingerprint density at radius 1 is 1.56 bits per heavy atom. The Balaban J connectivity index is 3.22. The fraction of sp³-hybridized carbons (Fsp3) is 0.333. The van der Waals surface area contributed by atoms with Gasteiger partial charge in [-0.3, -0.25) is 4.79 Å². The third-order valence-corrected chi connectivity index (χ3v) is 2.17. The molecule has 0 aliphatic carbocycles. The van der Waals surface area contributed by atoms with Crippen LogP contribution in [0, 0.1) is 5.95 Å². The van der Waals surface area contributed by atoms with E-state index in [9.17, 15) is 18.0 Å². The SMILES string of the molecule is O=C(O)Cc1c(CCl)cc(C(F)F)nc1F. The average molecular weight is 254 g/mol. The first-order valence-corrected chi connectivity index (χ1v) is 4.73. The molecule has 0 bridgehead atoms. The minimum absolute atomic E-state index is 0.0202. The van der Waals surface area contributed by atoms with Gasteiger partial charge in [-0.05, 0) is 11.6 Å². The van der Waals surface area contributed by atoms with Crippen molar-refractivity contribution < 1.29 is 23.1 Å². The van der Waals surface area contributed by atoms with E-state index in [-0.39, 0.29) is 17.0 Å². The van der Waals surface area contributed by atoms with Gasteiger partial charge in [0, 0.05) is 11.4 Å². The van der Waals surface area contributed by atoms with E-state index >= 15 is 0 Å². The maximum atomic E-state index is 13.3. The Morgan fingerprint density at radius 3 is 2.62 bits per heavy atom. The lowest BCUT2D eigenvalue weighted by Crippen LogP contribution is -2.09. The molecule has 1 aromatic rings. The summed E-state index contributed by atoms with van der Waals surface area (Å²) >= 11 is 5.43. The largest absolute Gasteiger partial charge is 0.481 e. The second kappa shape index (κ2) is 5.16. The zero-order valence-corrected chi connectivity index (χ0v) is 8.64. The standard InChI is InChI=1S/C9H7ClF3NO2/c10-3-4-1-6(8(11)12)14-9(13)5(4)2-7(15)16/h1,8H,2-3H2,(H,15,16). The zero-order chi connectivity index (χ0) is 12.3. The average Bonchev–Trinajstić information content (AvgIpc) is 2.19. The fourth-order valence-corrected chi connectivity index (χ4v) is 1.42. The summed E-state index contributed by atoms with van der Waals surface area (Å²) in [5.74, 6) is -2.74. The summed E-state index contributed by atoms with van der Waals surface area (Å²) in [7, 11) is 0. The van der Waals surface area contributed by atoms with E-state index in [1.807, 2.05) is 0 Å². The van der Waals surface area contributed by atoms with Crippen LogP contribution in [-0.2, 0) is 17.1 Å². The Bertz CT molecular complexity index is 412. The lowest BCUT2D eigenvalue weighted by Gasteiger charge is -2.08. The number of halogens is 4. The molecule has 0 spiro atoms. The number of carboxylic acids is 1. The molecule has 0 aromatic carbocycles. The van der Waals surface area contributed by atoms with Crippen molar-refractivity contribution in [3.8, 4) is 0 Å². The van der Waals surface area contributed by atoms with Crippen LogP contribution < -0.4 is 0 Å². The van der Waals surface area contributed by atoms with Gasteiger partial charge < -0.3 is 5.11 Å². The van der Waals surface area contributed by atoms with Crippen LogP contribution in [0.5, 0.6) is 0 Å². The smallest absolute Gasteiger partial charge is 0.308 e. The van der Waals surface area contributed by atoms with E-state index in [4.69, 9.17) is 16.7 Å². The number of hydrogen-bond acceptors (Lipinski definition) is 2. The van der Waals surface area contributed by atoms with Crippen LogP contribution in [-0.4, -0.2) is 16.1 Å². The highest BCUT2D eigenvalue weighted by atomic mass is 35.5. The van der Waals surface area contributed by atoms with E-state index in [0.717, 1.165) is 6.07 Å². The third kappa shape index (κ3) is 2.85. The molecule has 0 fully saturated rings. The normalized spacial score (nSPS) is 10.8. The Morgan fingerprint density at radius 2 is 2.19 bits per heavy atom. The van der Waals surface area contributed by atoms with Crippen molar-refractivity contribution in [2.45, 2.75) is 18.7 Å². The molecule has 0 unspecified atom stereocenters. The molecule has 16 heavy (non-hydrogen) atoms. The molecule has 0 saturated carbocycles. The van der Waals surface area contributed by atoms with Crippen LogP contribution in [0.3, 0.4) is 0 Å². The van der Waals surface area contributed by atoms with Crippen molar-refractivity contribution in [3.63, 3.8) is 0 Å². The summed E-state index contributed by atoms with van der Waals surface area (Å²) in [6.07, 6.45) is -3.56. The van der Waals surface area contributed by atoms with Crippen molar-refractivity contribution in [3.05, 3.63) is 28.8 Å². The predicted molar refractivity (Wildman–Crippen MR) is 50.0 cm³/mol. The highest BCUT2D eigenvalue weighted by Crippen LogP contribution is 2.23. The minimum Gasteiger partial charge on any atom is -0.481 e. The molecule has 1 aromatic heterocycles. The van der Waals surface area contributed by atoms with Crippen LogP contribution >= 0.6 is 11.6 Å². The van der Waals surface area contributed by atoms with Gasteiger partial charge in [0.05, 0.1) is 6.42 Å². The van der Waals surface area contributed by atoms with E-state index in [0.29, 0.717) is 0 Å². The van der Waals surface area contributed by atoms with Gasteiger partial charge in [0.15, 0.2) is 0 Å². The van der Waals surface area contributed by atoms with Gasteiger partial charge >= 0.3 is 5.97 Å². The molecule has 0 atom stereocenters. The van der Waals surface area contributed by atoms with E-state index in [1.165, 1.54) is 0 Å². The quantitative estimate of drug-likeness (QED) is 0.663. The number of aromatic nitrogens is 1. The molecular formula is C9H7ClF3NO2. The van der Waals surface area contributed by atoms with E-state index in [2.05, 4.69) is 4.98 Å². The molecule has 0 aliphatic rings. The number of aliphatic carboxylic acids is 1. The molecule has 1 N–H and O–H groups in total. The zero-order valence-electron chi connectivity index (χ0n) is 7.88. The van der Waals surface area contributed by atoms with Gasteiger partial charge in [-0.25, -0.2) is 13.8 Å². The highest BCUT2D eigenvalue weighted by Gasteiger charge is 2.18. The number of hydrogen-bond donors (Lipinski definition) is 1. The van der Waals surface area contributed by atoms with Crippen molar-refractivity contribution in [2.24, 2.45) is 0 Å². The molecule has 0 aliphatic heterocycles. The van der Waals surface area contributed by atoms with E-state index < -0.39 is 30.5 Å². The monoisotopic (exact) mass is 253 g/mol. The van der Waals surface area contributed by atoms with Crippen molar-refractivity contribution in [1.29, 1.82) is 0 Å². The van der Waals surface area contributed by atoms with Crippen LogP contribution in [0.2, 0.25) is 0 Å². The number of nitrogens with zero attached hydrogens (tertiary/aromatic N) is 1. The second-order valence-electron chi connectivity index (χ2n) is 2.98. The number of rotatable bonds is 4. The van der Waals surface area contributed by atoms with Crippen LogP contribution in [0.4, 0.5) is 13.2 Å². The van der Waals surface area contributed by atoms with Gasteiger partial charge in [0.1, 0.15) is 5.69 Å². The number of pyridine rings is 1. The molecular weight excluding hydrogens is 247 g/mol. The van der Waals surface area contributed by atoms with Crippen molar-refractivity contribution in [1.82, 2.24) is 4.98 Å². The van der Waals surface area contributed by atoms with Gasteiger partial charge in [0.2, 0.25) is 5.95 Å². The summed E-state index contributed by atoms with van der Waals surface area (Å²) in [4.78, 5) is 13.4. The molecule has 3 nitrogen and oxygen atoms in total. The van der Waals surface area contributed by atoms with Crippen LogP contribution in [0.1, 0.15) is 23.2 Å². The fourth-order valence-electron chi connectivity index (χ4n) is 1.18. The number of alkyl halides is 3. The minimum atomic E-state index is -2.92. The number of carboxylic acid groups (broad SMARTS) is 1. The summed E-state index contributed by atoms with van der Waals surface area (Å²) in [5.41, 5.74) is -0.985. The third-order valence-electron chi connectivity index (χ3n) is 1.88. The first-order chi connectivity index (χ1) is 7.45. The first kappa shape index (κ1) is 12.8. The molecule has 1 rings (SSSR count). The predicted octanol–water partition coefficient (Wildman–Crippen LogP) is 2.52. The lowest BCUT2D eigenvalue weighted by atomic mass is 10.1. The maximum absolute atomic E-state index is 13.3. The maximum Gasteiger partial charge on any atom is 0.308 e. The Hall–Kier alpha value is -1.30. The topological polar surface area (TPSA) is 50.2 Å². The summed E-state index contributed by atoms with van der Waals surface area (Å²) in [6.45, 7) is 0. The van der Waals surface area contributed by atoms with Crippen molar-refractivity contribution >= 4 is 17.6 Å². The molecule has 7 heteroatoms. The Kier molecular flexibility index (Phi) is 4.12. The first-order valence-electron chi connectivity index (χ1n) is 4.19. The van der Waals surface area contributed by atoms with Gasteiger partial charge in [-0.15, -0.1) is 11.6 Å². The molecule has 88 valence electrons. The molecule has 1 heterocycles. The number of carbonyl (C=O) groups is 1. The summed E-state index contributed by atoms with van der Waals surface area (Å²) in [6, 6.07) is 0.916. The van der Waals surface area contributed by atoms with Crippen LogP contribution in [0.25, 0.3) is 0 Å². The van der Waals surface area contributed by atoms with Crippen molar-refractivity contribution in [2.75, 3.05) is 0 Å².